The van der Waals surface area contributed by atoms with Crippen molar-refractivity contribution in [2.24, 2.45) is 11.7 Å². The number of aromatic nitrogens is 4. The average Bonchev–Trinajstić information content (AvgIpc) is 3.25. The van der Waals surface area contributed by atoms with Crippen LogP contribution in [0.5, 0.6) is 0 Å². The molecule has 3 rings (SSSR count). The topological polar surface area (TPSA) is 103 Å². The Kier molecular flexibility index (Phi) is 5.24. The Morgan fingerprint density at radius 3 is 2.88 bits per heavy atom. The van der Waals surface area contributed by atoms with Crippen LogP contribution < -0.4 is 5.73 Å². The Morgan fingerprint density at radius 2 is 2.25 bits per heavy atom. The number of likely N-dealkylation sites (tertiary alicyclic amines) is 1. The predicted octanol–water partition coefficient (Wildman–Crippen LogP) is 1.35. The van der Waals surface area contributed by atoms with Gasteiger partial charge in [-0.1, -0.05) is 13.3 Å². The average molecular weight is 332 g/mol. The van der Waals surface area contributed by atoms with E-state index >= 15 is 0 Å². The molecule has 0 bridgehead atoms. The molecule has 0 spiro atoms. The highest BCUT2D eigenvalue weighted by molar-refractivity contribution is 5.76. The van der Waals surface area contributed by atoms with Crippen molar-refractivity contribution in [2.75, 3.05) is 13.1 Å². The van der Waals surface area contributed by atoms with Crippen LogP contribution in [0.15, 0.2) is 22.8 Å². The Bertz CT molecular complexity index is 645. The summed E-state index contributed by atoms with van der Waals surface area (Å²) in [6.07, 6.45) is 5.26. The van der Waals surface area contributed by atoms with Crippen molar-refractivity contribution in [3.8, 4) is 0 Å². The molecule has 0 saturated carbocycles. The van der Waals surface area contributed by atoms with Gasteiger partial charge in [-0.3, -0.25) is 9.69 Å². The number of hydrogen-bond donors (Lipinski definition) is 1. The first kappa shape index (κ1) is 16.6. The van der Waals surface area contributed by atoms with Crippen molar-refractivity contribution >= 4 is 5.91 Å². The van der Waals surface area contributed by atoms with E-state index < -0.39 is 0 Å². The summed E-state index contributed by atoms with van der Waals surface area (Å²) in [5.41, 5.74) is 5.44. The fraction of sp³-hybridized carbons (Fsp3) is 0.625. The fourth-order valence-corrected chi connectivity index (χ4v) is 3.36. The van der Waals surface area contributed by atoms with E-state index in [0.29, 0.717) is 6.54 Å². The van der Waals surface area contributed by atoms with Gasteiger partial charge in [0.05, 0.1) is 12.3 Å². The summed E-state index contributed by atoms with van der Waals surface area (Å²) in [6, 6.07) is 3.92. The second-order valence-corrected chi connectivity index (χ2v) is 6.29. The zero-order chi connectivity index (χ0) is 16.9. The van der Waals surface area contributed by atoms with Crippen LogP contribution >= 0.6 is 0 Å². The first-order valence-electron chi connectivity index (χ1n) is 8.50. The van der Waals surface area contributed by atoms with Crippen LogP contribution in [0.3, 0.4) is 0 Å². The minimum absolute atomic E-state index is 0.0114. The second kappa shape index (κ2) is 7.57. The molecule has 2 aromatic heterocycles. The maximum absolute atomic E-state index is 11.4. The van der Waals surface area contributed by atoms with Gasteiger partial charge in [-0.2, -0.15) is 0 Å². The third-order valence-electron chi connectivity index (χ3n) is 4.68. The van der Waals surface area contributed by atoms with Gasteiger partial charge in [-0.05, 0) is 54.9 Å². The Morgan fingerprint density at radius 1 is 1.46 bits per heavy atom. The first-order chi connectivity index (χ1) is 11.7. The number of primary amides is 1. The molecule has 2 aromatic rings. The highest BCUT2D eigenvalue weighted by Gasteiger charge is 2.31. The molecule has 1 amide bonds. The van der Waals surface area contributed by atoms with Crippen LogP contribution in [0.2, 0.25) is 0 Å². The highest BCUT2D eigenvalue weighted by atomic mass is 16.3. The van der Waals surface area contributed by atoms with Gasteiger partial charge in [0.15, 0.2) is 5.82 Å². The lowest BCUT2D eigenvalue weighted by molar-refractivity contribution is -0.123. The van der Waals surface area contributed by atoms with Gasteiger partial charge in [0.25, 0.3) is 0 Å². The van der Waals surface area contributed by atoms with Gasteiger partial charge in [0.2, 0.25) is 5.91 Å². The number of carbonyl (C=O) groups is 1. The number of carbonyl (C=O) groups excluding carboxylic acids is 1. The van der Waals surface area contributed by atoms with E-state index in [0.717, 1.165) is 50.4 Å². The summed E-state index contributed by atoms with van der Waals surface area (Å²) < 4.78 is 7.21. The molecule has 130 valence electrons. The SMILES string of the molecule is CCC[C@H](c1nnnn1Cc1ccco1)N1CCC(C(N)=O)CC1. The number of rotatable bonds is 7. The summed E-state index contributed by atoms with van der Waals surface area (Å²) >= 11 is 0. The van der Waals surface area contributed by atoms with Crippen molar-refractivity contribution in [1.82, 2.24) is 25.1 Å². The normalized spacial score (nSPS) is 17.9. The molecular weight excluding hydrogens is 308 g/mol. The molecule has 0 unspecified atom stereocenters. The van der Waals surface area contributed by atoms with E-state index in [1.54, 1.807) is 10.9 Å². The molecule has 1 aliphatic rings. The lowest BCUT2D eigenvalue weighted by atomic mass is 9.94. The van der Waals surface area contributed by atoms with Gasteiger partial charge in [-0.25, -0.2) is 4.68 Å². The molecule has 1 aliphatic heterocycles. The molecule has 0 aliphatic carbocycles. The van der Waals surface area contributed by atoms with Gasteiger partial charge < -0.3 is 10.2 Å². The van der Waals surface area contributed by atoms with Crippen LogP contribution in [0, 0.1) is 5.92 Å². The zero-order valence-corrected chi connectivity index (χ0v) is 14.0. The summed E-state index contributed by atoms with van der Waals surface area (Å²) in [6.45, 7) is 4.36. The summed E-state index contributed by atoms with van der Waals surface area (Å²) in [7, 11) is 0. The number of furan rings is 1. The third-order valence-corrected chi connectivity index (χ3v) is 4.68. The molecule has 8 nitrogen and oxygen atoms in total. The molecule has 2 N–H and O–H groups in total. The van der Waals surface area contributed by atoms with E-state index in [4.69, 9.17) is 10.2 Å². The first-order valence-corrected chi connectivity index (χ1v) is 8.50. The number of nitrogens with two attached hydrogens (primary N) is 1. The number of hydrogen-bond acceptors (Lipinski definition) is 6. The Labute approximate surface area is 141 Å². The summed E-state index contributed by atoms with van der Waals surface area (Å²) in [4.78, 5) is 13.7. The van der Waals surface area contributed by atoms with E-state index in [-0.39, 0.29) is 17.9 Å². The van der Waals surface area contributed by atoms with Gasteiger partial charge in [0.1, 0.15) is 12.3 Å². The number of nitrogens with zero attached hydrogens (tertiary/aromatic N) is 5. The molecule has 3 heterocycles. The number of piperidine rings is 1. The Hall–Kier alpha value is -2.22. The lowest BCUT2D eigenvalue weighted by Gasteiger charge is -2.36. The second-order valence-electron chi connectivity index (χ2n) is 6.29. The summed E-state index contributed by atoms with van der Waals surface area (Å²) in [5.74, 6) is 1.48. The molecule has 1 atom stereocenters. The standard InChI is InChI=1S/C16H24N6O2/c1-2-4-14(21-8-6-12(7-9-21)15(17)23)16-18-19-20-22(16)11-13-5-3-10-24-13/h3,5,10,12,14H,2,4,6-9,11H2,1H3,(H2,17,23)/t14-/m1/s1. The molecule has 1 saturated heterocycles. The molecule has 0 aromatic carbocycles. The maximum Gasteiger partial charge on any atom is 0.220 e. The van der Waals surface area contributed by atoms with Crippen molar-refractivity contribution in [2.45, 2.75) is 45.2 Å². The quantitative estimate of drug-likeness (QED) is 0.821. The highest BCUT2D eigenvalue weighted by Crippen LogP contribution is 2.29. The van der Waals surface area contributed by atoms with Gasteiger partial charge in [0, 0.05) is 5.92 Å². The molecule has 0 radical (unpaired) electrons. The van der Waals surface area contributed by atoms with Crippen LogP contribution in [-0.2, 0) is 11.3 Å². The van der Waals surface area contributed by atoms with Gasteiger partial charge >= 0.3 is 0 Å². The van der Waals surface area contributed by atoms with Crippen LogP contribution in [-0.4, -0.2) is 44.1 Å². The van der Waals surface area contributed by atoms with Crippen LogP contribution in [0.4, 0.5) is 0 Å². The number of amides is 1. The number of tetrazole rings is 1. The molecule has 1 fully saturated rings. The largest absolute Gasteiger partial charge is 0.467 e. The molecular formula is C16H24N6O2. The maximum atomic E-state index is 11.4. The predicted molar refractivity (Wildman–Crippen MR) is 86.8 cm³/mol. The minimum atomic E-state index is -0.190. The zero-order valence-electron chi connectivity index (χ0n) is 14.0. The van der Waals surface area contributed by atoms with E-state index in [1.807, 2.05) is 12.1 Å². The summed E-state index contributed by atoms with van der Waals surface area (Å²) in [5, 5.41) is 12.3. The third kappa shape index (κ3) is 3.64. The van der Waals surface area contributed by atoms with Crippen molar-refractivity contribution in [3.05, 3.63) is 30.0 Å². The smallest absolute Gasteiger partial charge is 0.220 e. The van der Waals surface area contributed by atoms with E-state index in [9.17, 15) is 4.79 Å². The monoisotopic (exact) mass is 332 g/mol. The van der Waals surface area contributed by atoms with Gasteiger partial charge in [-0.15, -0.1) is 5.10 Å². The van der Waals surface area contributed by atoms with Crippen molar-refractivity contribution in [1.29, 1.82) is 0 Å². The molecule has 8 heteroatoms. The Balaban J connectivity index is 1.74. The molecule has 24 heavy (non-hydrogen) atoms. The minimum Gasteiger partial charge on any atom is -0.467 e. The van der Waals surface area contributed by atoms with Crippen molar-refractivity contribution in [3.63, 3.8) is 0 Å². The van der Waals surface area contributed by atoms with E-state index in [2.05, 4.69) is 27.3 Å². The van der Waals surface area contributed by atoms with Crippen LogP contribution in [0.1, 0.15) is 50.2 Å². The van der Waals surface area contributed by atoms with Crippen molar-refractivity contribution < 1.29 is 9.21 Å². The van der Waals surface area contributed by atoms with Crippen LogP contribution in [0.25, 0.3) is 0 Å². The lowest BCUT2D eigenvalue weighted by Crippen LogP contribution is -2.41. The van der Waals surface area contributed by atoms with E-state index in [1.165, 1.54) is 0 Å². The fourth-order valence-electron chi connectivity index (χ4n) is 3.36.